The van der Waals surface area contributed by atoms with Crippen LogP contribution in [0.15, 0.2) is 83.9 Å². The molecule has 1 heterocycles. The minimum absolute atomic E-state index is 0.122. The van der Waals surface area contributed by atoms with Gasteiger partial charge in [-0.25, -0.2) is 13.2 Å². The molecule has 0 saturated heterocycles. The van der Waals surface area contributed by atoms with E-state index in [4.69, 9.17) is 4.74 Å². The predicted molar refractivity (Wildman–Crippen MR) is 126 cm³/mol. The number of hydrogen-bond acceptors (Lipinski definition) is 5. The standard InChI is InChI=1S/C25H22N2O5S/c1-17-12-14-18(15-13-17)33(30,31)26(2)22-10-6-5-9-20(22)24(28)27-16-21(25(29)32-3)19-8-4-7-11-23(19)27/h4-16H,1-3H3. The first-order chi connectivity index (χ1) is 15.8. The molecule has 1 aromatic heterocycles. The molecule has 8 heteroatoms. The van der Waals surface area contributed by atoms with Crippen LogP contribution >= 0.6 is 0 Å². The summed E-state index contributed by atoms with van der Waals surface area (Å²) >= 11 is 0. The number of esters is 1. The normalized spacial score (nSPS) is 11.4. The summed E-state index contributed by atoms with van der Waals surface area (Å²) in [6.07, 6.45) is 1.42. The van der Waals surface area contributed by atoms with Crippen molar-refractivity contribution in [1.29, 1.82) is 0 Å². The topological polar surface area (TPSA) is 85.7 Å². The van der Waals surface area contributed by atoms with Crippen LogP contribution in [0.2, 0.25) is 0 Å². The van der Waals surface area contributed by atoms with Gasteiger partial charge in [-0.1, -0.05) is 48.0 Å². The Hall–Kier alpha value is -3.91. The number of aryl methyl sites for hydroxylation is 1. The zero-order chi connectivity index (χ0) is 23.8. The lowest BCUT2D eigenvalue weighted by Crippen LogP contribution is -2.28. The maximum Gasteiger partial charge on any atom is 0.340 e. The summed E-state index contributed by atoms with van der Waals surface area (Å²) in [7, 11) is -1.22. The summed E-state index contributed by atoms with van der Waals surface area (Å²) in [5.74, 6) is -1.03. The lowest BCUT2D eigenvalue weighted by Gasteiger charge is -2.22. The van der Waals surface area contributed by atoms with Crippen LogP contribution in [0, 0.1) is 6.92 Å². The van der Waals surface area contributed by atoms with Crippen molar-refractivity contribution in [3.05, 3.63) is 95.7 Å². The molecule has 0 spiro atoms. The fourth-order valence-electron chi connectivity index (χ4n) is 3.68. The molecule has 0 fully saturated rings. The molecule has 0 N–H and O–H groups in total. The smallest absolute Gasteiger partial charge is 0.340 e. The second-order valence-electron chi connectivity index (χ2n) is 7.53. The first kappa shape index (κ1) is 22.3. The van der Waals surface area contributed by atoms with Crippen molar-refractivity contribution >= 4 is 38.5 Å². The second-order valence-corrected chi connectivity index (χ2v) is 9.50. The van der Waals surface area contributed by atoms with Crippen LogP contribution in [0.25, 0.3) is 10.9 Å². The Kier molecular flexibility index (Phi) is 5.78. The van der Waals surface area contributed by atoms with Gasteiger partial charge in [0, 0.05) is 18.6 Å². The summed E-state index contributed by atoms with van der Waals surface area (Å²) in [6, 6.07) is 19.9. The maximum atomic E-state index is 13.6. The zero-order valence-electron chi connectivity index (χ0n) is 18.3. The highest BCUT2D eigenvalue weighted by atomic mass is 32.2. The summed E-state index contributed by atoms with van der Waals surface area (Å²) in [6.45, 7) is 1.87. The summed E-state index contributed by atoms with van der Waals surface area (Å²) in [5.41, 5.74) is 2.10. The summed E-state index contributed by atoms with van der Waals surface area (Å²) in [4.78, 5) is 26.0. The Morgan fingerprint density at radius 1 is 0.879 bits per heavy atom. The highest BCUT2D eigenvalue weighted by molar-refractivity contribution is 7.92. The average Bonchev–Trinajstić information content (AvgIpc) is 3.22. The van der Waals surface area contributed by atoms with Gasteiger partial charge in [-0.15, -0.1) is 0 Å². The third kappa shape index (κ3) is 3.89. The molecule has 7 nitrogen and oxygen atoms in total. The molecule has 0 aliphatic rings. The fraction of sp³-hybridized carbons (Fsp3) is 0.120. The van der Waals surface area contributed by atoms with Gasteiger partial charge < -0.3 is 4.74 Å². The predicted octanol–water partition coefficient (Wildman–Crippen LogP) is 4.25. The molecular weight excluding hydrogens is 440 g/mol. The molecule has 0 atom stereocenters. The van der Waals surface area contributed by atoms with Crippen molar-refractivity contribution < 1.29 is 22.7 Å². The largest absolute Gasteiger partial charge is 0.465 e. The van der Waals surface area contributed by atoms with Gasteiger partial charge in [-0.3, -0.25) is 13.7 Å². The van der Waals surface area contributed by atoms with Crippen molar-refractivity contribution in [2.75, 3.05) is 18.5 Å². The van der Waals surface area contributed by atoms with Gasteiger partial charge in [-0.05, 0) is 37.3 Å². The third-order valence-corrected chi connectivity index (χ3v) is 7.27. The Morgan fingerprint density at radius 2 is 1.52 bits per heavy atom. The Bertz CT molecular complexity index is 1470. The molecule has 33 heavy (non-hydrogen) atoms. The van der Waals surface area contributed by atoms with Crippen molar-refractivity contribution in [2.45, 2.75) is 11.8 Å². The van der Waals surface area contributed by atoms with E-state index in [0.717, 1.165) is 9.87 Å². The van der Waals surface area contributed by atoms with Crippen LogP contribution in [0.4, 0.5) is 5.69 Å². The number of anilines is 1. The minimum Gasteiger partial charge on any atom is -0.465 e. The van der Waals surface area contributed by atoms with Gasteiger partial charge in [0.2, 0.25) is 0 Å². The highest BCUT2D eigenvalue weighted by Gasteiger charge is 2.27. The van der Waals surface area contributed by atoms with E-state index in [0.29, 0.717) is 10.9 Å². The number of ether oxygens (including phenoxy) is 1. The Balaban J connectivity index is 1.82. The SMILES string of the molecule is COC(=O)c1cn(C(=O)c2ccccc2N(C)S(=O)(=O)c2ccc(C)cc2)c2ccccc12. The van der Waals surface area contributed by atoms with Crippen molar-refractivity contribution in [3.63, 3.8) is 0 Å². The van der Waals surface area contributed by atoms with Gasteiger partial charge >= 0.3 is 5.97 Å². The molecule has 0 aliphatic carbocycles. The quantitative estimate of drug-likeness (QED) is 0.414. The van der Waals surface area contributed by atoms with Gasteiger partial charge in [0.25, 0.3) is 15.9 Å². The molecule has 0 bridgehead atoms. The van der Waals surface area contributed by atoms with Crippen LogP contribution in [0.1, 0.15) is 26.3 Å². The molecule has 3 aromatic carbocycles. The first-order valence-corrected chi connectivity index (χ1v) is 11.6. The van der Waals surface area contributed by atoms with Crippen LogP contribution in [-0.4, -0.2) is 39.0 Å². The number of carbonyl (C=O) groups is 2. The number of methoxy groups -OCH3 is 1. The number of aromatic nitrogens is 1. The van der Waals surface area contributed by atoms with E-state index in [2.05, 4.69) is 0 Å². The number of sulfonamides is 1. The van der Waals surface area contributed by atoms with Crippen LogP contribution in [0.5, 0.6) is 0 Å². The number of fused-ring (bicyclic) bond motifs is 1. The maximum absolute atomic E-state index is 13.6. The molecule has 168 valence electrons. The van der Waals surface area contributed by atoms with Crippen molar-refractivity contribution in [2.24, 2.45) is 0 Å². The Morgan fingerprint density at radius 3 is 2.21 bits per heavy atom. The van der Waals surface area contributed by atoms with Gasteiger partial charge in [0.1, 0.15) is 0 Å². The number of rotatable bonds is 5. The van der Waals surface area contributed by atoms with E-state index in [1.54, 1.807) is 60.7 Å². The molecule has 0 amide bonds. The number of para-hydroxylation sites is 2. The number of hydrogen-bond donors (Lipinski definition) is 0. The molecule has 0 unspecified atom stereocenters. The van der Waals surface area contributed by atoms with E-state index in [-0.39, 0.29) is 21.7 Å². The van der Waals surface area contributed by atoms with E-state index in [1.165, 1.54) is 37.1 Å². The minimum atomic E-state index is -3.90. The number of benzene rings is 3. The molecule has 4 rings (SSSR count). The summed E-state index contributed by atoms with van der Waals surface area (Å²) in [5, 5.41) is 0.566. The fourth-order valence-corrected chi connectivity index (χ4v) is 4.89. The lowest BCUT2D eigenvalue weighted by atomic mass is 10.1. The van der Waals surface area contributed by atoms with Crippen LogP contribution < -0.4 is 4.31 Å². The van der Waals surface area contributed by atoms with E-state index in [9.17, 15) is 18.0 Å². The van der Waals surface area contributed by atoms with E-state index >= 15 is 0 Å². The lowest BCUT2D eigenvalue weighted by molar-refractivity contribution is 0.0603. The van der Waals surface area contributed by atoms with Crippen molar-refractivity contribution in [1.82, 2.24) is 4.57 Å². The average molecular weight is 463 g/mol. The monoisotopic (exact) mass is 462 g/mol. The molecule has 0 radical (unpaired) electrons. The van der Waals surface area contributed by atoms with Crippen molar-refractivity contribution in [3.8, 4) is 0 Å². The molecule has 0 aliphatic heterocycles. The van der Waals surface area contributed by atoms with Gasteiger partial charge in [-0.2, -0.15) is 0 Å². The first-order valence-electron chi connectivity index (χ1n) is 10.1. The van der Waals surface area contributed by atoms with Crippen LogP contribution in [0.3, 0.4) is 0 Å². The highest BCUT2D eigenvalue weighted by Crippen LogP contribution is 2.29. The number of carbonyl (C=O) groups excluding carboxylic acids is 2. The molecular formula is C25H22N2O5S. The van der Waals surface area contributed by atoms with Gasteiger partial charge in [0.15, 0.2) is 0 Å². The molecule has 0 saturated carbocycles. The van der Waals surface area contributed by atoms with Crippen LogP contribution in [-0.2, 0) is 14.8 Å². The van der Waals surface area contributed by atoms with E-state index in [1.807, 2.05) is 6.92 Å². The molecule has 4 aromatic rings. The van der Waals surface area contributed by atoms with Gasteiger partial charge in [0.05, 0.1) is 34.3 Å². The zero-order valence-corrected chi connectivity index (χ0v) is 19.2. The second kappa shape index (κ2) is 8.55. The Labute approximate surface area is 191 Å². The number of nitrogens with zero attached hydrogens (tertiary/aromatic N) is 2. The summed E-state index contributed by atoms with van der Waals surface area (Å²) < 4.78 is 33.8. The van der Waals surface area contributed by atoms with E-state index < -0.39 is 21.9 Å². The third-order valence-electron chi connectivity index (χ3n) is 5.49.